The van der Waals surface area contributed by atoms with Gasteiger partial charge in [-0.05, 0) is 39.0 Å². The second kappa shape index (κ2) is 7.22. The number of aromatic carboxylic acids is 1. The van der Waals surface area contributed by atoms with Gasteiger partial charge in [0.05, 0.1) is 11.1 Å². The van der Waals surface area contributed by atoms with E-state index in [2.05, 4.69) is 20.4 Å². The Kier molecular flexibility index (Phi) is 5.42. The summed E-state index contributed by atoms with van der Waals surface area (Å²) in [5.41, 5.74) is -0.642. The van der Waals surface area contributed by atoms with Crippen LogP contribution in [0.1, 0.15) is 31.3 Å². The zero-order valence-electron chi connectivity index (χ0n) is 14.4. The monoisotopic (exact) mass is 381 g/mol. The van der Waals surface area contributed by atoms with Crippen molar-refractivity contribution in [3.05, 3.63) is 36.2 Å². The molecule has 3 N–H and O–H groups in total. The lowest BCUT2D eigenvalue weighted by atomic mass is 10.1. The molecule has 0 saturated heterocycles. The number of carboxylic acid groups (broad SMARTS) is 1. The molecule has 26 heavy (non-hydrogen) atoms. The summed E-state index contributed by atoms with van der Waals surface area (Å²) in [6.07, 6.45) is 1.12. The Balaban J connectivity index is 2.10. The maximum absolute atomic E-state index is 12.3. The average molecular weight is 381 g/mol. The first kappa shape index (κ1) is 19.5. The van der Waals surface area contributed by atoms with Crippen molar-refractivity contribution in [3.63, 3.8) is 0 Å². The summed E-state index contributed by atoms with van der Waals surface area (Å²) in [6.45, 7) is 4.90. The van der Waals surface area contributed by atoms with Gasteiger partial charge in [-0.25, -0.2) is 22.6 Å². The Labute approximate surface area is 150 Å². The topological polar surface area (TPSA) is 143 Å². The summed E-state index contributed by atoms with van der Waals surface area (Å²) >= 11 is 0. The van der Waals surface area contributed by atoms with Crippen molar-refractivity contribution < 1.29 is 23.1 Å². The molecule has 0 aliphatic rings. The lowest BCUT2D eigenvalue weighted by Crippen LogP contribution is -2.40. The zero-order chi connectivity index (χ0) is 19.5. The summed E-state index contributed by atoms with van der Waals surface area (Å²) in [4.78, 5) is 22.8. The molecule has 0 atom stereocenters. The summed E-state index contributed by atoms with van der Waals surface area (Å²) in [6, 6.07) is 5.79. The SMILES string of the molecule is CC(C)(C)NS(=O)(=O)c1cccc(NC(=O)Cn2cc(C(=O)O)nn2)c1. The van der Waals surface area contributed by atoms with Crippen LogP contribution in [0, 0.1) is 0 Å². The molecule has 0 spiro atoms. The van der Waals surface area contributed by atoms with Crippen molar-refractivity contribution in [2.45, 2.75) is 37.8 Å². The van der Waals surface area contributed by atoms with E-state index in [0.29, 0.717) is 0 Å². The molecule has 1 aromatic heterocycles. The smallest absolute Gasteiger partial charge is 0.358 e. The minimum Gasteiger partial charge on any atom is -0.476 e. The lowest BCUT2D eigenvalue weighted by molar-refractivity contribution is -0.116. The first-order valence-corrected chi connectivity index (χ1v) is 9.02. The summed E-state index contributed by atoms with van der Waals surface area (Å²) < 4.78 is 28.3. The van der Waals surface area contributed by atoms with E-state index in [4.69, 9.17) is 5.11 Å². The van der Waals surface area contributed by atoms with E-state index in [1.165, 1.54) is 24.3 Å². The predicted octanol–water partition coefficient (Wildman–Crippen LogP) is 0.692. The van der Waals surface area contributed by atoms with Crippen molar-refractivity contribution in [3.8, 4) is 0 Å². The maximum atomic E-state index is 12.3. The molecule has 0 radical (unpaired) electrons. The second-order valence-corrected chi connectivity index (χ2v) is 8.22. The highest BCUT2D eigenvalue weighted by Gasteiger charge is 2.22. The number of hydrogen-bond acceptors (Lipinski definition) is 6. The largest absolute Gasteiger partial charge is 0.476 e. The molecular weight excluding hydrogens is 362 g/mol. The Bertz CT molecular complexity index is 930. The van der Waals surface area contributed by atoms with Gasteiger partial charge in [-0.1, -0.05) is 11.3 Å². The number of amides is 1. The van der Waals surface area contributed by atoms with E-state index in [1.807, 2.05) is 0 Å². The van der Waals surface area contributed by atoms with E-state index in [1.54, 1.807) is 20.8 Å². The third kappa shape index (κ3) is 5.36. The van der Waals surface area contributed by atoms with Crippen molar-refractivity contribution in [1.29, 1.82) is 0 Å². The molecular formula is C15H19N5O5S. The number of anilines is 1. The Hall–Kier alpha value is -2.79. The van der Waals surface area contributed by atoms with Crippen LogP contribution in [0.3, 0.4) is 0 Å². The van der Waals surface area contributed by atoms with Crippen LogP contribution in [0.4, 0.5) is 5.69 Å². The molecule has 0 saturated carbocycles. The number of carbonyl (C=O) groups is 2. The van der Waals surface area contributed by atoms with Gasteiger partial charge in [-0.15, -0.1) is 5.10 Å². The molecule has 1 aromatic carbocycles. The third-order valence-corrected chi connectivity index (χ3v) is 4.69. The molecule has 1 amide bonds. The Morgan fingerprint density at radius 1 is 1.27 bits per heavy atom. The maximum Gasteiger partial charge on any atom is 0.358 e. The predicted molar refractivity (Wildman–Crippen MR) is 92.1 cm³/mol. The fraction of sp³-hybridized carbons (Fsp3) is 0.333. The van der Waals surface area contributed by atoms with E-state index < -0.39 is 27.4 Å². The number of sulfonamides is 1. The highest BCUT2D eigenvalue weighted by atomic mass is 32.2. The van der Waals surface area contributed by atoms with Gasteiger partial charge in [-0.3, -0.25) is 4.79 Å². The summed E-state index contributed by atoms with van der Waals surface area (Å²) in [5.74, 6) is -1.76. The number of carbonyl (C=O) groups excluding carboxylic acids is 1. The fourth-order valence-corrected chi connectivity index (χ4v) is 3.49. The number of aromatic nitrogens is 3. The molecule has 10 nitrogen and oxygen atoms in total. The van der Waals surface area contributed by atoms with Gasteiger partial charge in [0.2, 0.25) is 15.9 Å². The molecule has 0 unspecified atom stereocenters. The zero-order valence-corrected chi connectivity index (χ0v) is 15.2. The highest BCUT2D eigenvalue weighted by molar-refractivity contribution is 7.89. The van der Waals surface area contributed by atoms with Crippen LogP contribution in [-0.2, 0) is 21.4 Å². The van der Waals surface area contributed by atoms with Crippen LogP contribution in [0.2, 0.25) is 0 Å². The van der Waals surface area contributed by atoms with Crippen molar-refractivity contribution in [1.82, 2.24) is 19.7 Å². The number of nitrogens with zero attached hydrogens (tertiary/aromatic N) is 3. The van der Waals surface area contributed by atoms with Gasteiger partial charge in [-0.2, -0.15) is 0 Å². The van der Waals surface area contributed by atoms with Crippen LogP contribution in [0.25, 0.3) is 0 Å². The highest BCUT2D eigenvalue weighted by Crippen LogP contribution is 2.17. The second-order valence-electron chi connectivity index (χ2n) is 6.54. The van der Waals surface area contributed by atoms with Crippen molar-refractivity contribution in [2.75, 3.05) is 5.32 Å². The molecule has 2 aromatic rings. The Morgan fingerprint density at radius 3 is 2.54 bits per heavy atom. The molecule has 1 heterocycles. The molecule has 0 bridgehead atoms. The number of benzene rings is 1. The lowest BCUT2D eigenvalue weighted by Gasteiger charge is -2.20. The van der Waals surface area contributed by atoms with Gasteiger partial charge in [0, 0.05) is 11.2 Å². The standard InChI is InChI=1S/C15H19N5O5S/c1-15(2,3)18-26(24,25)11-6-4-5-10(7-11)16-13(21)9-20-8-12(14(22)23)17-19-20/h4-8,18H,9H2,1-3H3,(H,16,21)(H,22,23). The van der Waals surface area contributed by atoms with Gasteiger partial charge in [0.15, 0.2) is 5.69 Å². The first-order valence-electron chi connectivity index (χ1n) is 7.54. The molecule has 11 heteroatoms. The molecule has 2 rings (SSSR count). The number of rotatable bonds is 6. The van der Waals surface area contributed by atoms with Crippen molar-refractivity contribution >= 4 is 27.6 Å². The fourth-order valence-electron chi connectivity index (χ4n) is 2.02. The minimum absolute atomic E-state index is 0.0131. The molecule has 0 fully saturated rings. The van der Waals surface area contributed by atoms with Crippen LogP contribution < -0.4 is 10.0 Å². The van der Waals surface area contributed by atoms with Crippen molar-refractivity contribution in [2.24, 2.45) is 0 Å². The summed E-state index contributed by atoms with van der Waals surface area (Å²) in [5, 5.41) is 18.2. The molecule has 0 aliphatic heterocycles. The average Bonchev–Trinajstić information content (AvgIpc) is 2.93. The van der Waals surface area contributed by atoms with Gasteiger partial charge in [0.1, 0.15) is 6.54 Å². The van der Waals surface area contributed by atoms with Crippen LogP contribution in [-0.4, -0.2) is 45.9 Å². The first-order chi connectivity index (χ1) is 12.0. The van der Waals surface area contributed by atoms with E-state index >= 15 is 0 Å². The van der Waals surface area contributed by atoms with Gasteiger partial charge < -0.3 is 10.4 Å². The van der Waals surface area contributed by atoms with Crippen LogP contribution >= 0.6 is 0 Å². The number of nitrogens with one attached hydrogen (secondary N) is 2. The van der Waals surface area contributed by atoms with Crippen LogP contribution in [0.15, 0.2) is 35.4 Å². The van der Waals surface area contributed by atoms with E-state index in [-0.39, 0.29) is 22.8 Å². The number of hydrogen-bond donors (Lipinski definition) is 3. The molecule has 0 aliphatic carbocycles. The van der Waals surface area contributed by atoms with E-state index in [9.17, 15) is 18.0 Å². The number of carboxylic acids is 1. The minimum atomic E-state index is -3.74. The molecule has 140 valence electrons. The van der Waals surface area contributed by atoms with E-state index in [0.717, 1.165) is 10.9 Å². The van der Waals surface area contributed by atoms with Gasteiger partial charge >= 0.3 is 5.97 Å². The normalized spacial score (nSPS) is 12.0. The third-order valence-electron chi connectivity index (χ3n) is 2.93. The Morgan fingerprint density at radius 2 is 1.96 bits per heavy atom. The van der Waals surface area contributed by atoms with Crippen LogP contribution in [0.5, 0.6) is 0 Å². The van der Waals surface area contributed by atoms with Gasteiger partial charge in [0.25, 0.3) is 0 Å². The summed E-state index contributed by atoms with van der Waals surface area (Å²) in [7, 11) is -3.74. The quantitative estimate of drug-likeness (QED) is 0.668.